The predicted octanol–water partition coefficient (Wildman–Crippen LogP) is 3.87. The third-order valence-electron chi connectivity index (χ3n) is 4.53. The minimum Gasteiger partial charge on any atom is -0.457 e. The maximum atomic E-state index is 12.8. The highest BCUT2D eigenvalue weighted by Gasteiger charge is 2.42. The molecule has 2 aromatic rings. The molecule has 2 saturated heterocycles. The number of thioether (sulfide) groups is 1. The Morgan fingerprint density at radius 3 is 2.57 bits per heavy atom. The summed E-state index contributed by atoms with van der Waals surface area (Å²) in [5.41, 5.74) is 0.813. The van der Waals surface area contributed by atoms with E-state index in [0.717, 1.165) is 11.3 Å². The van der Waals surface area contributed by atoms with E-state index in [9.17, 15) is 13.2 Å². The minimum absolute atomic E-state index is 0.0207. The summed E-state index contributed by atoms with van der Waals surface area (Å²) in [6.45, 7) is 0. The number of rotatable bonds is 4. The van der Waals surface area contributed by atoms with Crippen molar-refractivity contribution >= 4 is 50.1 Å². The van der Waals surface area contributed by atoms with Crippen LogP contribution in [0.25, 0.3) is 6.08 Å². The van der Waals surface area contributed by atoms with Gasteiger partial charge in [-0.25, -0.2) is 8.42 Å². The summed E-state index contributed by atoms with van der Waals surface area (Å²) >= 11 is 6.55. The van der Waals surface area contributed by atoms with Crippen molar-refractivity contribution in [1.82, 2.24) is 4.90 Å². The lowest BCUT2D eigenvalue weighted by Gasteiger charge is -2.20. The summed E-state index contributed by atoms with van der Waals surface area (Å²) < 4.78 is 29.8. The fraction of sp³-hybridized carbons (Fsp3) is 0.200. The Morgan fingerprint density at radius 1 is 1.11 bits per heavy atom. The quantitative estimate of drug-likeness (QED) is 0.541. The van der Waals surface area contributed by atoms with E-state index in [-0.39, 0.29) is 23.5 Å². The van der Waals surface area contributed by atoms with Crippen molar-refractivity contribution in [3.05, 3.63) is 65.1 Å². The van der Waals surface area contributed by atoms with Crippen LogP contribution < -0.4 is 4.74 Å². The van der Waals surface area contributed by atoms with Gasteiger partial charge in [-0.2, -0.15) is 0 Å². The lowest BCUT2D eigenvalue weighted by atomic mass is 10.2. The Kier molecular flexibility index (Phi) is 5.27. The Morgan fingerprint density at radius 2 is 1.86 bits per heavy atom. The Bertz CT molecular complexity index is 1060. The van der Waals surface area contributed by atoms with E-state index in [2.05, 4.69) is 0 Å². The molecule has 0 N–H and O–H groups in total. The van der Waals surface area contributed by atoms with E-state index in [0.29, 0.717) is 21.4 Å². The van der Waals surface area contributed by atoms with Crippen LogP contribution in [0.1, 0.15) is 12.0 Å². The fourth-order valence-electron chi connectivity index (χ4n) is 3.22. The second-order valence-corrected chi connectivity index (χ2v) is 10.5. The maximum Gasteiger partial charge on any atom is 0.266 e. The fourth-order valence-corrected chi connectivity index (χ4v) is 6.32. The molecule has 2 fully saturated rings. The molecule has 0 saturated carbocycles. The van der Waals surface area contributed by atoms with Crippen LogP contribution in [-0.4, -0.2) is 41.1 Å². The van der Waals surface area contributed by atoms with Gasteiger partial charge in [0.1, 0.15) is 15.8 Å². The van der Waals surface area contributed by atoms with E-state index < -0.39 is 9.84 Å². The smallest absolute Gasteiger partial charge is 0.266 e. The highest BCUT2D eigenvalue weighted by atomic mass is 32.2. The first-order valence-corrected chi connectivity index (χ1v) is 11.8. The van der Waals surface area contributed by atoms with Crippen molar-refractivity contribution < 1.29 is 17.9 Å². The summed E-state index contributed by atoms with van der Waals surface area (Å²) in [4.78, 5) is 14.8. The monoisotopic (exact) mass is 431 g/mol. The van der Waals surface area contributed by atoms with Crippen molar-refractivity contribution in [1.29, 1.82) is 0 Å². The molecule has 0 spiro atoms. The van der Waals surface area contributed by atoms with Gasteiger partial charge in [0.2, 0.25) is 0 Å². The number of para-hydroxylation sites is 1. The van der Waals surface area contributed by atoms with Crippen LogP contribution in [0.3, 0.4) is 0 Å². The van der Waals surface area contributed by atoms with E-state index >= 15 is 0 Å². The maximum absolute atomic E-state index is 12.8. The van der Waals surface area contributed by atoms with Gasteiger partial charge >= 0.3 is 0 Å². The van der Waals surface area contributed by atoms with Gasteiger partial charge in [0, 0.05) is 0 Å². The molecule has 0 bridgehead atoms. The van der Waals surface area contributed by atoms with Gasteiger partial charge in [-0.15, -0.1) is 0 Å². The molecule has 8 heteroatoms. The molecule has 1 atom stereocenters. The van der Waals surface area contributed by atoms with Crippen LogP contribution in [0.2, 0.25) is 0 Å². The molecule has 0 aliphatic carbocycles. The highest BCUT2D eigenvalue weighted by molar-refractivity contribution is 8.26. The molecule has 4 rings (SSSR count). The van der Waals surface area contributed by atoms with Gasteiger partial charge in [0.25, 0.3) is 5.91 Å². The van der Waals surface area contributed by atoms with Gasteiger partial charge in [-0.3, -0.25) is 9.69 Å². The zero-order valence-corrected chi connectivity index (χ0v) is 17.2. The molecular weight excluding hydrogens is 414 g/mol. The van der Waals surface area contributed by atoms with Crippen molar-refractivity contribution in [2.24, 2.45) is 0 Å². The van der Waals surface area contributed by atoms with Crippen molar-refractivity contribution in [3.8, 4) is 11.5 Å². The molecule has 5 nitrogen and oxygen atoms in total. The van der Waals surface area contributed by atoms with Crippen LogP contribution in [0.4, 0.5) is 0 Å². The molecule has 1 amide bonds. The predicted molar refractivity (Wildman–Crippen MR) is 115 cm³/mol. The van der Waals surface area contributed by atoms with Gasteiger partial charge < -0.3 is 4.74 Å². The molecule has 28 heavy (non-hydrogen) atoms. The summed E-state index contributed by atoms with van der Waals surface area (Å²) in [5, 5.41) is 0. The molecule has 2 aliphatic heterocycles. The van der Waals surface area contributed by atoms with E-state index in [4.69, 9.17) is 17.0 Å². The number of hydrogen-bond acceptors (Lipinski definition) is 6. The number of sulfone groups is 1. The summed E-state index contributed by atoms with van der Waals surface area (Å²) in [5.74, 6) is 1.25. The van der Waals surface area contributed by atoms with Crippen molar-refractivity contribution in [2.45, 2.75) is 12.5 Å². The normalized spacial score (nSPS) is 22.8. The second kappa shape index (κ2) is 7.69. The molecule has 2 aliphatic rings. The van der Waals surface area contributed by atoms with Crippen LogP contribution in [0.5, 0.6) is 11.5 Å². The van der Waals surface area contributed by atoms with Crippen LogP contribution in [-0.2, 0) is 14.6 Å². The SMILES string of the molecule is O=C1/C(=C\c2cccc(Oc3ccccc3)c2)SC(=S)N1C1CCS(=O)(=O)C1. The number of benzene rings is 2. The Hall–Kier alpha value is -2.16. The zero-order chi connectivity index (χ0) is 19.7. The lowest BCUT2D eigenvalue weighted by Crippen LogP contribution is -2.39. The third kappa shape index (κ3) is 4.14. The van der Waals surface area contributed by atoms with E-state index in [1.807, 2.05) is 54.6 Å². The Balaban J connectivity index is 1.54. The number of carbonyl (C=O) groups is 1. The van der Waals surface area contributed by atoms with Gasteiger partial charge in [0.15, 0.2) is 9.84 Å². The first-order valence-electron chi connectivity index (χ1n) is 8.72. The minimum atomic E-state index is -3.09. The average molecular weight is 432 g/mol. The standard InChI is InChI=1S/C20H17NO4S3/c22-19-18(27-20(26)21(19)15-9-10-28(23,24)13-15)12-14-5-4-8-17(11-14)25-16-6-2-1-3-7-16/h1-8,11-12,15H,9-10,13H2/b18-12+. The van der Waals surface area contributed by atoms with E-state index in [1.165, 1.54) is 16.7 Å². The van der Waals surface area contributed by atoms with Crippen molar-refractivity contribution in [3.63, 3.8) is 0 Å². The number of nitrogens with zero attached hydrogens (tertiary/aromatic N) is 1. The molecule has 0 radical (unpaired) electrons. The molecule has 1 unspecified atom stereocenters. The summed E-state index contributed by atoms with van der Waals surface area (Å²) in [6.07, 6.45) is 2.20. The molecule has 2 heterocycles. The number of hydrogen-bond donors (Lipinski definition) is 0. The number of ether oxygens (including phenoxy) is 1. The van der Waals surface area contributed by atoms with E-state index in [1.54, 1.807) is 6.08 Å². The Labute approximate surface area is 173 Å². The van der Waals surface area contributed by atoms with Gasteiger partial charge in [-0.05, 0) is 42.3 Å². The summed E-state index contributed by atoms with van der Waals surface area (Å²) in [7, 11) is -3.09. The number of amides is 1. The first kappa shape index (κ1) is 19.2. The second-order valence-electron chi connectivity index (χ2n) is 6.60. The average Bonchev–Trinajstić information content (AvgIpc) is 3.14. The van der Waals surface area contributed by atoms with Crippen LogP contribution in [0.15, 0.2) is 59.5 Å². The number of carbonyl (C=O) groups excluding carboxylic acids is 1. The van der Waals surface area contributed by atoms with Gasteiger partial charge in [0.05, 0.1) is 22.5 Å². The largest absolute Gasteiger partial charge is 0.457 e. The first-order chi connectivity index (χ1) is 13.4. The molecule has 2 aromatic carbocycles. The topological polar surface area (TPSA) is 63.7 Å². The number of thiocarbonyl (C=S) groups is 1. The third-order valence-corrected chi connectivity index (χ3v) is 7.61. The zero-order valence-electron chi connectivity index (χ0n) is 14.8. The van der Waals surface area contributed by atoms with Crippen LogP contribution in [0, 0.1) is 0 Å². The van der Waals surface area contributed by atoms with Gasteiger partial charge in [-0.1, -0.05) is 54.3 Å². The molecular formula is C20H17NO4S3. The molecule has 0 aromatic heterocycles. The molecule has 144 valence electrons. The van der Waals surface area contributed by atoms with Crippen molar-refractivity contribution in [2.75, 3.05) is 11.5 Å². The van der Waals surface area contributed by atoms with Crippen LogP contribution >= 0.6 is 24.0 Å². The summed E-state index contributed by atoms with van der Waals surface area (Å²) in [6, 6.07) is 16.5. The lowest BCUT2D eigenvalue weighted by molar-refractivity contribution is -0.123. The highest BCUT2D eigenvalue weighted by Crippen LogP contribution is 2.36.